The summed E-state index contributed by atoms with van der Waals surface area (Å²) in [7, 11) is 0. The maximum absolute atomic E-state index is 12.6. The van der Waals surface area contributed by atoms with E-state index in [1.165, 1.54) is 6.07 Å². The van der Waals surface area contributed by atoms with Crippen LogP contribution in [0, 0.1) is 5.82 Å². The molecule has 21 heavy (non-hydrogen) atoms. The number of alkyl halides is 3. The minimum absolute atomic E-state index is 0.115. The summed E-state index contributed by atoms with van der Waals surface area (Å²) in [6, 6.07) is 1.68. The summed E-state index contributed by atoms with van der Waals surface area (Å²) in [4.78, 5) is 18.4. The van der Waals surface area contributed by atoms with Crippen LogP contribution in [-0.4, -0.2) is 16.0 Å². The van der Waals surface area contributed by atoms with E-state index in [-0.39, 0.29) is 17.4 Å². The van der Waals surface area contributed by atoms with Gasteiger partial charge in [-0.1, -0.05) is 0 Å². The van der Waals surface area contributed by atoms with Crippen LogP contribution < -0.4 is 10.6 Å². The molecule has 2 rings (SSSR count). The Kier molecular flexibility index (Phi) is 4.36. The largest absolute Gasteiger partial charge is 0.434 e. The lowest BCUT2D eigenvalue weighted by atomic mass is 10.4. The average Bonchev–Trinajstić information content (AvgIpc) is 2.88. The van der Waals surface area contributed by atoms with Crippen molar-refractivity contribution in [3.05, 3.63) is 40.2 Å². The summed E-state index contributed by atoms with van der Waals surface area (Å²) in [5, 5.41) is 5.61. The predicted octanol–water partition coefficient (Wildman–Crippen LogP) is 3.02. The first kappa shape index (κ1) is 15.2. The molecule has 0 aromatic carbocycles. The molecule has 0 atom stereocenters. The zero-order valence-electron chi connectivity index (χ0n) is 10.2. The van der Waals surface area contributed by atoms with Crippen molar-refractivity contribution in [1.82, 2.24) is 15.3 Å². The van der Waals surface area contributed by atoms with E-state index >= 15 is 0 Å². The lowest BCUT2D eigenvalue weighted by Crippen LogP contribution is -2.28. The van der Waals surface area contributed by atoms with Crippen molar-refractivity contribution in [2.45, 2.75) is 12.7 Å². The maximum atomic E-state index is 12.6. The fourth-order valence-corrected chi connectivity index (χ4v) is 2.03. The van der Waals surface area contributed by atoms with Crippen molar-refractivity contribution in [2.75, 3.05) is 5.32 Å². The van der Waals surface area contributed by atoms with E-state index in [2.05, 4.69) is 20.6 Å². The molecule has 5 nitrogen and oxygen atoms in total. The van der Waals surface area contributed by atoms with Gasteiger partial charge in [0.1, 0.15) is 16.6 Å². The summed E-state index contributed by atoms with van der Waals surface area (Å²) in [6.45, 7) is -0.159. The van der Waals surface area contributed by atoms with Gasteiger partial charge in [-0.3, -0.25) is 5.32 Å². The van der Waals surface area contributed by atoms with Crippen LogP contribution in [0.25, 0.3) is 0 Å². The molecule has 0 aliphatic heterocycles. The fourth-order valence-electron chi connectivity index (χ4n) is 1.29. The van der Waals surface area contributed by atoms with Crippen LogP contribution in [0.15, 0.2) is 23.7 Å². The molecule has 0 aliphatic carbocycles. The number of hydrogen-bond acceptors (Lipinski definition) is 4. The van der Waals surface area contributed by atoms with Gasteiger partial charge in [0.05, 0.1) is 12.7 Å². The van der Waals surface area contributed by atoms with Crippen molar-refractivity contribution in [2.24, 2.45) is 0 Å². The van der Waals surface area contributed by atoms with Crippen LogP contribution in [-0.2, 0) is 12.7 Å². The number of nitrogens with one attached hydrogen (secondary N) is 2. The van der Waals surface area contributed by atoms with Gasteiger partial charge in [-0.25, -0.2) is 19.2 Å². The number of thiazole rings is 1. The fraction of sp³-hybridized carbons (Fsp3) is 0.182. The highest BCUT2D eigenvalue weighted by molar-refractivity contribution is 7.09. The van der Waals surface area contributed by atoms with Gasteiger partial charge in [0, 0.05) is 5.38 Å². The third-order valence-corrected chi connectivity index (χ3v) is 3.06. The SMILES string of the molecule is O=C(NCc1nc(C(F)(F)F)cs1)Nc1ccc(F)cn1. The molecule has 0 saturated carbocycles. The Bertz CT molecular complexity index is 626. The molecule has 2 aromatic rings. The Morgan fingerprint density at radius 1 is 1.33 bits per heavy atom. The Morgan fingerprint density at radius 3 is 2.67 bits per heavy atom. The van der Waals surface area contributed by atoms with Crippen LogP contribution in [0.1, 0.15) is 10.7 Å². The molecule has 2 amide bonds. The van der Waals surface area contributed by atoms with E-state index < -0.39 is 23.7 Å². The third-order valence-electron chi connectivity index (χ3n) is 2.21. The molecule has 2 heterocycles. The molecule has 0 fully saturated rings. The van der Waals surface area contributed by atoms with Crippen molar-refractivity contribution in [3.63, 3.8) is 0 Å². The topological polar surface area (TPSA) is 66.9 Å². The van der Waals surface area contributed by atoms with E-state index in [1.807, 2.05) is 0 Å². The molecule has 0 radical (unpaired) electrons. The maximum Gasteiger partial charge on any atom is 0.434 e. The molecule has 2 N–H and O–H groups in total. The van der Waals surface area contributed by atoms with Crippen molar-refractivity contribution in [1.29, 1.82) is 0 Å². The van der Waals surface area contributed by atoms with Crippen molar-refractivity contribution in [3.8, 4) is 0 Å². The first-order chi connectivity index (χ1) is 9.84. The van der Waals surface area contributed by atoms with E-state index in [1.54, 1.807) is 0 Å². The molecular formula is C11H8F4N4OS. The lowest BCUT2D eigenvalue weighted by molar-refractivity contribution is -0.140. The summed E-state index contributed by atoms with van der Waals surface area (Å²) < 4.78 is 49.6. The van der Waals surface area contributed by atoms with E-state index in [0.29, 0.717) is 0 Å². The van der Waals surface area contributed by atoms with Gasteiger partial charge >= 0.3 is 12.2 Å². The Morgan fingerprint density at radius 2 is 2.10 bits per heavy atom. The van der Waals surface area contributed by atoms with Crippen LogP contribution in [0.2, 0.25) is 0 Å². The van der Waals surface area contributed by atoms with Gasteiger partial charge < -0.3 is 5.32 Å². The molecule has 0 aliphatic rings. The third kappa shape index (κ3) is 4.38. The standard InChI is InChI=1S/C11H8F4N4OS/c12-6-1-2-8(16-3-6)19-10(20)17-4-9-18-7(5-21-9)11(13,14)15/h1-3,5H,4H2,(H2,16,17,19,20). The van der Waals surface area contributed by atoms with Gasteiger partial charge in [0.25, 0.3) is 0 Å². The number of anilines is 1. The minimum atomic E-state index is -4.50. The van der Waals surface area contributed by atoms with E-state index in [4.69, 9.17) is 0 Å². The second-order valence-electron chi connectivity index (χ2n) is 3.79. The zero-order valence-corrected chi connectivity index (χ0v) is 11.1. The Hall–Kier alpha value is -2.23. The highest BCUT2D eigenvalue weighted by Gasteiger charge is 2.33. The number of hydrogen-bond donors (Lipinski definition) is 2. The van der Waals surface area contributed by atoms with Gasteiger partial charge in [-0.05, 0) is 12.1 Å². The van der Waals surface area contributed by atoms with E-state index in [9.17, 15) is 22.4 Å². The molecule has 112 valence electrons. The van der Waals surface area contributed by atoms with Gasteiger partial charge in [-0.15, -0.1) is 11.3 Å². The number of carbonyl (C=O) groups excluding carboxylic acids is 1. The van der Waals surface area contributed by atoms with Crippen LogP contribution in [0.3, 0.4) is 0 Å². The summed E-state index contributed by atoms with van der Waals surface area (Å²) in [5.41, 5.74) is -0.995. The molecule has 0 saturated heterocycles. The quantitative estimate of drug-likeness (QED) is 0.854. The highest BCUT2D eigenvalue weighted by atomic mass is 32.1. The average molecular weight is 320 g/mol. The second kappa shape index (κ2) is 6.04. The summed E-state index contributed by atoms with van der Waals surface area (Å²) in [5.74, 6) is -0.438. The Balaban J connectivity index is 1.86. The van der Waals surface area contributed by atoms with Crippen LogP contribution in [0.5, 0.6) is 0 Å². The van der Waals surface area contributed by atoms with Gasteiger partial charge in [0.15, 0.2) is 5.69 Å². The van der Waals surface area contributed by atoms with E-state index in [0.717, 1.165) is 29.0 Å². The van der Waals surface area contributed by atoms with Gasteiger partial charge in [0.2, 0.25) is 0 Å². The summed E-state index contributed by atoms with van der Waals surface area (Å²) in [6.07, 6.45) is -3.58. The number of halogens is 4. The number of nitrogens with zero attached hydrogens (tertiary/aromatic N) is 2. The lowest BCUT2D eigenvalue weighted by Gasteiger charge is -2.05. The second-order valence-corrected chi connectivity index (χ2v) is 4.74. The van der Waals surface area contributed by atoms with Crippen LogP contribution >= 0.6 is 11.3 Å². The first-order valence-corrected chi connectivity index (χ1v) is 6.40. The number of urea groups is 1. The molecule has 0 unspecified atom stereocenters. The number of rotatable bonds is 3. The van der Waals surface area contributed by atoms with Crippen LogP contribution in [0.4, 0.5) is 28.2 Å². The molecule has 2 aromatic heterocycles. The first-order valence-electron chi connectivity index (χ1n) is 5.52. The molecular weight excluding hydrogens is 312 g/mol. The van der Waals surface area contributed by atoms with Gasteiger partial charge in [-0.2, -0.15) is 13.2 Å². The molecule has 0 bridgehead atoms. The highest BCUT2D eigenvalue weighted by Crippen LogP contribution is 2.29. The molecule has 10 heteroatoms. The zero-order chi connectivity index (χ0) is 15.5. The number of amides is 2. The number of carbonyl (C=O) groups is 1. The number of pyridine rings is 1. The number of aromatic nitrogens is 2. The Labute approximate surface area is 120 Å². The molecule has 0 spiro atoms. The summed E-state index contributed by atoms with van der Waals surface area (Å²) >= 11 is 0.788. The van der Waals surface area contributed by atoms with Crippen molar-refractivity contribution < 1.29 is 22.4 Å². The minimum Gasteiger partial charge on any atom is -0.331 e. The van der Waals surface area contributed by atoms with Crippen molar-refractivity contribution >= 4 is 23.2 Å². The predicted molar refractivity (Wildman–Crippen MR) is 67.2 cm³/mol. The smallest absolute Gasteiger partial charge is 0.331 e. The normalized spacial score (nSPS) is 11.2. The monoisotopic (exact) mass is 320 g/mol.